The Kier molecular flexibility index (Phi) is 3.76. The molecule has 6 rings (SSSR count). The van der Waals surface area contributed by atoms with Gasteiger partial charge in [-0.3, -0.25) is 0 Å². The molecule has 5 aliphatic rings. The molecule has 4 heteroatoms. The van der Waals surface area contributed by atoms with E-state index in [2.05, 4.69) is 26.2 Å². The van der Waals surface area contributed by atoms with Gasteiger partial charge >= 0.3 is 0 Å². The summed E-state index contributed by atoms with van der Waals surface area (Å²) in [6, 6.07) is 0. The Morgan fingerprint density at radius 2 is 1.58 bits per heavy atom. The summed E-state index contributed by atoms with van der Waals surface area (Å²) in [5, 5.41) is 14.7. The highest BCUT2D eigenvalue weighted by molar-refractivity contribution is 7.10. The topological polar surface area (TPSA) is 38.7 Å². The zero-order valence-corrected chi connectivity index (χ0v) is 17.2. The molecule has 0 amide bonds. The van der Waals surface area contributed by atoms with Crippen LogP contribution in [-0.4, -0.2) is 18.3 Å². The molecular formula is C22H32O3S. The molecule has 0 spiro atoms. The minimum atomic E-state index is -0.859. The summed E-state index contributed by atoms with van der Waals surface area (Å²) < 4.78 is 12.1. The molecule has 4 fully saturated rings. The monoisotopic (exact) mass is 376 g/mol. The summed E-state index contributed by atoms with van der Waals surface area (Å²) in [6.07, 6.45) is 8.62. The van der Waals surface area contributed by atoms with Crippen molar-refractivity contribution in [2.45, 2.75) is 71.3 Å². The van der Waals surface area contributed by atoms with Crippen molar-refractivity contribution in [1.29, 1.82) is 0 Å². The van der Waals surface area contributed by atoms with Gasteiger partial charge in [0, 0.05) is 17.2 Å². The molecule has 1 aliphatic heterocycles. The van der Waals surface area contributed by atoms with Crippen LogP contribution in [0.25, 0.3) is 0 Å². The Balaban J connectivity index is 1.66. The smallest absolute Gasteiger partial charge is 0.178 e. The van der Waals surface area contributed by atoms with E-state index in [-0.39, 0.29) is 10.8 Å². The van der Waals surface area contributed by atoms with Gasteiger partial charge in [0.25, 0.3) is 0 Å². The third-order valence-corrected chi connectivity index (χ3v) is 8.77. The van der Waals surface area contributed by atoms with Gasteiger partial charge in [-0.25, -0.2) is 0 Å². The Labute approximate surface area is 161 Å². The predicted molar refractivity (Wildman–Crippen MR) is 104 cm³/mol. The Morgan fingerprint density at radius 3 is 2.15 bits per heavy atom. The van der Waals surface area contributed by atoms with E-state index in [9.17, 15) is 5.11 Å². The summed E-state index contributed by atoms with van der Waals surface area (Å²) in [4.78, 5) is 1.03. The van der Waals surface area contributed by atoms with Crippen LogP contribution in [0.15, 0.2) is 5.38 Å². The van der Waals surface area contributed by atoms with Gasteiger partial charge in [0.1, 0.15) is 5.60 Å². The van der Waals surface area contributed by atoms with Gasteiger partial charge in [-0.1, -0.05) is 20.8 Å². The van der Waals surface area contributed by atoms with Crippen molar-refractivity contribution in [2.24, 2.45) is 28.6 Å². The lowest BCUT2D eigenvalue weighted by Gasteiger charge is -2.64. The van der Waals surface area contributed by atoms with Crippen LogP contribution in [0.1, 0.15) is 70.6 Å². The molecule has 0 aromatic carbocycles. The Hall–Kier alpha value is -0.740. The standard InChI is InChI=1S/C22H32O3S/c1-20(2,3)22(23,19-18-17(13-26-19)24-5-4-6-25-18)21-10-14-7-15(11-21)9-16(8-14)12-21/h13-16,23H,4-12H2,1-3H3. The van der Waals surface area contributed by atoms with Crippen molar-refractivity contribution in [3.8, 4) is 11.5 Å². The van der Waals surface area contributed by atoms with Crippen molar-refractivity contribution < 1.29 is 14.6 Å². The molecule has 1 aromatic heterocycles. The summed E-state index contributed by atoms with van der Waals surface area (Å²) >= 11 is 1.66. The molecular weight excluding hydrogens is 344 g/mol. The van der Waals surface area contributed by atoms with Gasteiger partial charge in [0.2, 0.25) is 0 Å². The van der Waals surface area contributed by atoms with Gasteiger partial charge in [-0.05, 0) is 61.7 Å². The van der Waals surface area contributed by atoms with Crippen LogP contribution in [0.4, 0.5) is 0 Å². The Morgan fingerprint density at radius 1 is 1.00 bits per heavy atom. The second-order valence-electron chi connectivity index (χ2n) is 10.5. The van der Waals surface area contributed by atoms with E-state index in [1.165, 1.54) is 38.5 Å². The van der Waals surface area contributed by atoms with Crippen LogP contribution >= 0.6 is 11.3 Å². The molecule has 1 atom stereocenters. The lowest BCUT2D eigenvalue weighted by molar-refractivity contribution is -0.228. The van der Waals surface area contributed by atoms with Crippen molar-refractivity contribution in [1.82, 2.24) is 0 Å². The first-order valence-corrected chi connectivity index (χ1v) is 11.3. The molecule has 0 saturated heterocycles. The normalized spacial score (nSPS) is 38.1. The number of hydrogen-bond donors (Lipinski definition) is 1. The fraction of sp³-hybridized carbons (Fsp3) is 0.818. The molecule has 0 radical (unpaired) electrons. The number of ether oxygens (including phenoxy) is 2. The molecule has 4 aliphatic carbocycles. The summed E-state index contributed by atoms with van der Waals surface area (Å²) in [5.74, 6) is 4.11. The third-order valence-electron chi connectivity index (χ3n) is 7.73. The largest absolute Gasteiger partial charge is 0.489 e. The van der Waals surface area contributed by atoms with Crippen molar-refractivity contribution in [3.05, 3.63) is 10.3 Å². The van der Waals surface area contributed by atoms with E-state index < -0.39 is 5.60 Å². The minimum Gasteiger partial charge on any atom is -0.489 e. The highest BCUT2D eigenvalue weighted by Gasteiger charge is 2.65. The minimum absolute atomic E-state index is 0.00567. The van der Waals surface area contributed by atoms with Crippen molar-refractivity contribution in [2.75, 3.05) is 13.2 Å². The molecule has 1 N–H and O–H groups in total. The summed E-state index contributed by atoms with van der Waals surface area (Å²) in [5.41, 5.74) is -1.11. The predicted octanol–water partition coefficient (Wildman–Crippen LogP) is 5.36. The molecule has 144 valence electrons. The zero-order chi connectivity index (χ0) is 18.2. The first-order valence-electron chi connectivity index (χ1n) is 10.4. The SMILES string of the molecule is CC(C)(C)C(O)(c1scc2c1OCCCO2)C12CC3CC(CC(C3)C1)C2. The van der Waals surface area contributed by atoms with Gasteiger partial charge in [0.05, 0.1) is 18.1 Å². The quantitative estimate of drug-likeness (QED) is 0.755. The van der Waals surface area contributed by atoms with E-state index in [0.717, 1.165) is 40.6 Å². The van der Waals surface area contributed by atoms with E-state index in [4.69, 9.17) is 9.47 Å². The maximum atomic E-state index is 12.6. The Bertz CT molecular complexity index is 665. The number of thiophene rings is 1. The first-order chi connectivity index (χ1) is 12.3. The second-order valence-corrected chi connectivity index (χ2v) is 11.3. The molecule has 26 heavy (non-hydrogen) atoms. The van der Waals surface area contributed by atoms with Crippen LogP contribution in [0.5, 0.6) is 11.5 Å². The number of aliphatic hydroxyl groups is 1. The maximum absolute atomic E-state index is 12.6. The number of fused-ring (bicyclic) bond motifs is 1. The van der Waals surface area contributed by atoms with E-state index in [1.54, 1.807) is 11.3 Å². The lowest BCUT2D eigenvalue weighted by Crippen LogP contribution is -2.61. The van der Waals surface area contributed by atoms with E-state index >= 15 is 0 Å². The molecule has 4 bridgehead atoms. The summed E-state index contributed by atoms with van der Waals surface area (Å²) in [7, 11) is 0. The second kappa shape index (κ2) is 5.64. The molecule has 3 nitrogen and oxygen atoms in total. The van der Waals surface area contributed by atoms with Crippen LogP contribution in [0.3, 0.4) is 0 Å². The molecule has 1 unspecified atom stereocenters. The van der Waals surface area contributed by atoms with E-state index in [1.807, 2.05) is 0 Å². The molecule has 2 heterocycles. The fourth-order valence-electron chi connectivity index (χ4n) is 7.16. The highest BCUT2D eigenvalue weighted by atomic mass is 32.1. The lowest BCUT2D eigenvalue weighted by atomic mass is 9.42. The van der Waals surface area contributed by atoms with Crippen LogP contribution < -0.4 is 9.47 Å². The molecule has 4 saturated carbocycles. The van der Waals surface area contributed by atoms with Crippen LogP contribution in [0, 0.1) is 28.6 Å². The van der Waals surface area contributed by atoms with Crippen molar-refractivity contribution in [3.63, 3.8) is 0 Å². The van der Waals surface area contributed by atoms with Gasteiger partial charge in [-0.2, -0.15) is 0 Å². The van der Waals surface area contributed by atoms with Crippen molar-refractivity contribution >= 4 is 11.3 Å². The summed E-state index contributed by atoms with van der Waals surface area (Å²) in [6.45, 7) is 8.03. The van der Waals surface area contributed by atoms with Gasteiger partial charge in [0.15, 0.2) is 11.5 Å². The van der Waals surface area contributed by atoms with Gasteiger partial charge in [-0.15, -0.1) is 11.3 Å². The maximum Gasteiger partial charge on any atom is 0.178 e. The fourth-order valence-corrected chi connectivity index (χ4v) is 8.52. The van der Waals surface area contributed by atoms with Crippen LogP contribution in [-0.2, 0) is 5.60 Å². The number of rotatable bonds is 2. The van der Waals surface area contributed by atoms with E-state index in [0.29, 0.717) is 13.2 Å². The average molecular weight is 377 g/mol. The van der Waals surface area contributed by atoms with Crippen LogP contribution in [0.2, 0.25) is 0 Å². The highest BCUT2D eigenvalue weighted by Crippen LogP contribution is 2.70. The average Bonchev–Trinajstić information content (AvgIpc) is 2.80. The first kappa shape index (κ1) is 17.4. The van der Waals surface area contributed by atoms with Gasteiger partial charge < -0.3 is 14.6 Å². The molecule has 1 aromatic rings. The third kappa shape index (κ3) is 2.27. The zero-order valence-electron chi connectivity index (χ0n) is 16.3. The number of hydrogen-bond acceptors (Lipinski definition) is 4.